The van der Waals surface area contributed by atoms with Crippen molar-refractivity contribution in [3.63, 3.8) is 0 Å². The highest BCUT2D eigenvalue weighted by Gasteiger charge is 2.24. The lowest BCUT2D eigenvalue weighted by molar-refractivity contribution is -0.124. The highest BCUT2D eigenvalue weighted by Crippen LogP contribution is 2.08. The van der Waals surface area contributed by atoms with Crippen LogP contribution in [0.25, 0.3) is 0 Å². The number of aliphatic hydroxyl groups is 1. The van der Waals surface area contributed by atoms with Crippen molar-refractivity contribution in [1.82, 2.24) is 10.6 Å². The Labute approximate surface area is 138 Å². The van der Waals surface area contributed by atoms with Gasteiger partial charge >= 0.3 is 0 Å². The molecule has 1 aromatic rings. The van der Waals surface area contributed by atoms with Gasteiger partial charge in [-0.3, -0.25) is 9.59 Å². The van der Waals surface area contributed by atoms with E-state index in [0.29, 0.717) is 18.5 Å². The van der Waals surface area contributed by atoms with Gasteiger partial charge in [-0.25, -0.2) is 0 Å². The molecule has 2 amide bonds. The van der Waals surface area contributed by atoms with Crippen LogP contribution < -0.4 is 10.6 Å². The molecule has 0 saturated heterocycles. The monoisotopic (exact) mass is 320 g/mol. The Kier molecular flexibility index (Phi) is 7.75. The van der Waals surface area contributed by atoms with Crippen LogP contribution in [0.3, 0.4) is 0 Å². The van der Waals surface area contributed by atoms with E-state index < -0.39 is 6.04 Å². The maximum Gasteiger partial charge on any atom is 0.251 e. The average molecular weight is 320 g/mol. The number of nitrogens with one attached hydrogen (secondary N) is 2. The van der Waals surface area contributed by atoms with Crippen LogP contribution in [0.4, 0.5) is 0 Å². The Morgan fingerprint density at radius 2 is 1.91 bits per heavy atom. The van der Waals surface area contributed by atoms with Crippen molar-refractivity contribution < 1.29 is 14.7 Å². The third-order valence-electron chi connectivity index (χ3n) is 3.76. The topological polar surface area (TPSA) is 78.4 Å². The minimum Gasteiger partial charge on any atom is -0.396 e. The molecule has 0 aliphatic heterocycles. The molecule has 5 nitrogen and oxygen atoms in total. The lowest BCUT2D eigenvalue weighted by Gasteiger charge is -2.23. The summed E-state index contributed by atoms with van der Waals surface area (Å²) in [6, 6.07) is 6.70. The molecule has 5 heteroatoms. The first-order valence-electron chi connectivity index (χ1n) is 8.11. The van der Waals surface area contributed by atoms with Gasteiger partial charge in [-0.05, 0) is 37.3 Å². The van der Waals surface area contributed by atoms with Crippen molar-refractivity contribution in [2.45, 2.75) is 40.2 Å². The second-order valence-corrected chi connectivity index (χ2v) is 6.43. The van der Waals surface area contributed by atoms with E-state index in [2.05, 4.69) is 10.6 Å². The number of aliphatic hydroxyl groups excluding tert-OH is 1. The minimum atomic E-state index is -0.579. The molecular weight excluding hydrogens is 292 g/mol. The summed E-state index contributed by atoms with van der Waals surface area (Å²) in [5.41, 5.74) is 1.55. The van der Waals surface area contributed by atoms with E-state index in [4.69, 9.17) is 5.11 Å². The first-order chi connectivity index (χ1) is 10.8. The third-order valence-corrected chi connectivity index (χ3v) is 3.76. The van der Waals surface area contributed by atoms with E-state index in [1.807, 2.05) is 39.8 Å². The average Bonchev–Trinajstić information content (AvgIpc) is 2.50. The number of aryl methyl sites for hydroxylation is 1. The van der Waals surface area contributed by atoms with Gasteiger partial charge in [-0.1, -0.05) is 38.5 Å². The number of rotatable bonds is 8. The van der Waals surface area contributed by atoms with Crippen LogP contribution in [0.15, 0.2) is 24.3 Å². The molecule has 1 rings (SSSR count). The lowest BCUT2D eigenvalue weighted by atomic mass is 10.0. The predicted octanol–water partition coefficient (Wildman–Crippen LogP) is 1.88. The van der Waals surface area contributed by atoms with Crippen molar-refractivity contribution in [2.75, 3.05) is 13.2 Å². The van der Waals surface area contributed by atoms with E-state index in [-0.39, 0.29) is 30.3 Å². The van der Waals surface area contributed by atoms with Gasteiger partial charge in [-0.2, -0.15) is 0 Å². The Bertz CT molecular complexity index is 529. The summed E-state index contributed by atoms with van der Waals surface area (Å²) in [4.78, 5) is 24.7. The van der Waals surface area contributed by atoms with Crippen molar-refractivity contribution >= 4 is 11.8 Å². The smallest absolute Gasteiger partial charge is 0.251 e. The molecule has 0 bridgehead atoms. The quantitative estimate of drug-likeness (QED) is 0.684. The van der Waals surface area contributed by atoms with Crippen LogP contribution in [0.5, 0.6) is 0 Å². The molecule has 0 spiro atoms. The second kappa shape index (κ2) is 9.30. The fourth-order valence-corrected chi connectivity index (χ4v) is 2.25. The minimum absolute atomic E-state index is 0.0168. The molecule has 0 aromatic heterocycles. The molecule has 128 valence electrons. The largest absolute Gasteiger partial charge is 0.396 e. The van der Waals surface area contributed by atoms with Gasteiger partial charge in [0.2, 0.25) is 5.91 Å². The molecule has 0 radical (unpaired) electrons. The lowest BCUT2D eigenvalue weighted by Crippen LogP contribution is -2.50. The number of carbonyl (C=O) groups is 2. The number of amides is 2. The highest BCUT2D eigenvalue weighted by molar-refractivity contribution is 5.97. The molecular formula is C18H28N2O3. The molecule has 0 aliphatic rings. The molecule has 3 N–H and O–H groups in total. The standard InChI is InChI=1S/C18H28N2O3/c1-12(2)16(18(23)19-11-14(4)8-9-21)20-17(22)15-7-5-6-13(3)10-15/h5-7,10,12,14,16,21H,8-9,11H2,1-4H3,(H,19,23)(H,20,22). The first-order valence-corrected chi connectivity index (χ1v) is 8.11. The number of benzene rings is 1. The van der Waals surface area contributed by atoms with Gasteiger partial charge < -0.3 is 15.7 Å². The molecule has 0 saturated carbocycles. The molecule has 2 unspecified atom stereocenters. The van der Waals surface area contributed by atoms with E-state index in [1.165, 1.54) is 0 Å². The summed E-state index contributed by atoms with van der Waals surface area (Å²) in [5, 5.41) is 14.6. The van der Waals surface area contributed by atoms with E-state index in [1.54, 1.807) is 12.1 Å². The maximum absolute atomic E-state index is 12.3. The van der Waals surface area contributed by atoms with E-state index in [9.17, 15) is 9.59 Å². The number of carbonyl (C=O) groups excluding carboxylic acids is 2. The SMILES string of the molecule is Cc1cccc(C(=O)NC(C(=O)NCC(C)CCO)C(C)C)c1. The Morgan fingerprint density at radius 3 is 2.48 bits per heavy atom. The Balaban J connectivity index is 2.67. The van der Waals surface area contributed by atoms with Crippen molar-refractivity contribution in [1.29, 1.82) is 0 Å². The van der Waals surface area contributed by atoms with E-state index in [0.717, 1.165) is 5.56 Å². The van der Waals surface area contributed by atoms with Gasteiger partial charge in [0.15, 0.2) is 0 Å². The predicted molar refractivity (Wildman–Crippen MR) is 91.1 cm³/mol. The summed E-state index contributed by atoms with van der Waals surface area (Å²) in [5.74, 6) is -0.252. The summed E-state index contributed by atoms with van der Waals surface area (Å²) in [7, 11) is 0. The van der Waals surface area contributed by atoms with Gasteiger partial charge in [0.05, 0.1) is 0 Å². The second-order valence-electron chi connectivity index (χ2n) is 6.43. The normalized spacial score (nSPS) is 13.5. The Morgan fingerprint density at radius 1 is 1.22 bits per heavy atom. The fourth-order valence-electron chi connectivity index (χ4n) is 2.25. The fraction of sp³-hybridized carbons (Fsp3) is 0.556. The van der Waals surface area contributed by atoms with Crippen LogP contribution in [0.1, 0.15) is 43.1 Å². The van der Waals surface area contributed by atoms with Crippen molar-refractivity contribution in [3.8, 4) is 0 Å². The highest BCUT2D eigenvalue weighted by atomic mass is 16.3. The zero-order valence-electron chi connectivity index (χ0n) is 14.4. The molecule has 2 atom stereocenters. The molecule has 23 heavy (non-hydrogen) atoms. The van der Waals surface area contributed by atoms with Crippen LogP contribution in [-0.4, -0.2) is 36.1 Å². The van der Waals surface area contributed by atoms with Crippen LogP contribution in [-0.2, 0) is 4.79 Å². The summed E-state index contributed by atoms with van der Waals surface area (Å²) in [6.45, 7) is 8.28. The zero-order valence-corrected chi connectivity index (χ0v) is 14.4. The Hall–Kier alpha value is -1.88. The number of hydrogen-bond donors (Lipinski definition) is 3. The van der Waals surface area contributed by atoms with Gasteiger partial charge in [0, 0.05) is 18.7 Å². The van der Waals surface area contributed by atoms with E-state index >= 15 is 0 Å². The van der Waals surface area contributed by atoms with Crippen molar-refractivity contribution in [3.05, 3.63) is 35.4 Å². The third kappa shape index (κ3) is 6.40. The van der Waals surface area contributed by atoms with Crippen molar-refractivity contribution in [2.24, 2.45) is 11.8 Å². The maximum atomic E-state index is 12.3. The molecule has 0 heterocycles. The number of hydrogen-bond acceptors (Lipinski definition) is 3. The summed E-state index contributed by atoms with van der Waals surface area (Å²) in [6.07, 6.45) is 0.641. The van der Waals surface area contributed by atoms with Crippen LogP contribution in [0, 0.1) is 18.8 Å². The van der Waals surface area contributed by atoms with Gasteiger partial charge in [-0.15, -0.1) is 0 Å². The summed E-state index contributed by atoms with van der Waals surface area (Å²) >= 11 is 0. The van der Waals surface area contributed by atoms with Gasteiger partial charge in [0.1, 0.15) is 6.04 Å². The molecule has 0 fully saturated rings. The van der Waals surface area contributed by atoms with Crippen LogP contribution >= 0.6 is 0 Å². The first kappa shape index (κ1) is 19.2. The summed E-state index contributed by atoms with van der Waals surface area (Å²) < 4.78 is 0. The van der Waals surface area contributed by atoms with Crippen LogP contribution in [0.2, 0.25) is 0 Å². The molecule has 1 aromatic carbocycles. The van der Waals surface area contributed by atoms with Gasteiger partial charge in [0.25, 0.3) is 5.91 Å². The zero-order chi connectivity index (χ0) is 17.4. The molecule has 0 aliphatic carbocycles.